The Morgan fingerprint density at radius 2 is 1.69 bits per heavy atom. The zero-order valence-electron chi connectivity index (χ0n) is 15.1. The van der Waals surface area contributed by atoms with Crippen molar-refractivity contribution in [2.24, 2.45) is 0 Å². The van der Waals surface area contributed by atoms with Crippen LogP contribution in [0, 0.1) is 11.3 Å². The van der Waals surface area contributed by atoms with E-state index in [2.05, 4.69) is 12.1 Å². The summed E-state index contributed by atoms with van der Waals surface area (Å²) in [7, 11) is 0. The SMILES string of the molecule is N#CC1=C(n2cccc2)Oc2c(ccc3ccccc23)C1c1ccc(Cl)c(Cl)c1. The quantitative estimate of drug-likeness (QED) is 0.357. The van der Waals surface area contributed by atoms with Gasteiger partial charge in [-0.15, -0.1) is 0 Å². The summed E-state index contributed by atoms with van der Waals surface area (Å²) >= 11 is 12.5. The second kappa shape index (κ2) is 7.00. The van der Waals surface area contributed by atoms with Gasteiger partial charge in [-0.3, -0.25) is 4.57 Å². The van der Waals surface area contributed by atoms with E-state index in [-0.39, 0.29) is 5.92 Å². The number of rotatable bonds is 2. The number of benzene rings is 3. The minimum absolute atomic E-state index is 0.319. The molecule has 1 atom stereocenters. The molecule has 0 N–H and O–H groups in total. The van der Waals surface area contributed by atoms with Gasteiger partial charge in [-0.2, -0.15) is 5.26 Å². The smallest absolute Gasteiger partial charge is 0.218 e. The first kappa shape index (κ1) is 17.9. The molecule has 0 spiro atoms. The van der Waals surface area contributed by atoms with Gasteiger partial charge in [-0.1, -0.05) is 65.7 Å². The Morgan fingerprint density at radius 1 is 0.897 bits per heavy atom. The topological polar surface area (TPSA) is 38.0 Å². The molecule has 2 heterocycles. The second-order valence-electron chi connectivity index (χ2n) is 6.83. The Kier molecular flexibility index (Phi) is 4.32. The molecule has 1 aliphatic rings. The van der Waals surface area contributed by atoms with Crippen LogP contribution in [0.2, 0.25) is 10.0 Å². The molecule has 0 bridgehead atoms. The van der Waals surface area contributed by atoms with E-state index < -0.39 is 0 Å². The Bertz CT molecular complexity index is 1320. The first-order valence-electron chi connectivity index (χ1n) is 9.09. The summed E-state index contributed by atoms with van der Waals surface area (Å²) in [5.41, 5.74) is 2.33. The van der Waals surface area contributed by atoms with Crippen molar-refractivity contribution in [2.75, 3.05) is 0 Å². The third kappa shape index (κ3) is 2.89. The predicted molar refractivity (Wildman–Crippen MR) is 116 cm³/mol. The molecule has 3 nitrogen and oxygen atoms in total. The van der Waals surface area contributed by atoms with Gasteiger partial charge in [0.1, 0.15) is 17.4 Å². The van der Waals surface area contributed by atoms with Crippen LogP contribution >= 0.6 is 23.2 Å². The number of fused-ring (bicyclic) bond motifs is 3. The highest BCUT2D eigenvalue weighted by molar-refractivity contribution is 6.42. The maximum Gasteiger partial charge on any atom is 0.218 e. The van der Waals surface area contributed by atoms with E-state index in [9.17, 15) is 5.26 Å². The van der Waals surface area contributed by atoms with E-state index in [1.807, 2.05) is 71.6 Å². The van der Waals surface area contributed by atoms with Crippen molar-refractivity contribution in [3.05, 3.63) is 106 Å². The van der Waals surface area contributed by atoms with E-state index in [1.54, 1.807) is 6.07 Å². The molecule has 5 heteroatoms. The molecule has 0 amide bonds. The van der Waals surface area contributed by atoms with Crippen LogP contribution in [0.5, 0.6) is 5.75 Å². The Balaban J connectivity index is 1.84. The average Bonchev–Trinajstić information content (AvgIpc) is 3.29. The van der Waals surface area contributed by atoms with Crippen molar-refractivity contribution in [2.45, 2.75) is 5.92 Å². The van der Waals surface area contributed by atoms with E-state index in [1.165, 1.54) is 0 Å². The minimum Gasteiger partial charge on any atom is -0.438 e. The van der Waals surface area contributed by atoms with Gasteiger partial charge in [0.05, 0.1) is 16.0 Å². The maximum atomic E-state index is 10.1. The highest BCUT2D eigenvalue weighted by Crippen LogP contribution is 2.47. The minimum atomic E-state index is -0.319. The zero-order chi connectivity index (χ0) is 20.0. The van der Waals surface area contributed by atoms with Crippen molar-refractivity contribution in [1.82, 2.24) is 4.57 Å². The lowest BCUT2D eigenvalue weighted by molar-refractivity contribution is 0.459. The number of hydrogen-bond acceptors (Lipinski definition) is 2. The molecule has 0 aliphatic carbocycles. The van der Waals surface area contributed by atoms with Gasteiger partial charge in [-0.05, 0) is 35.2 Å². The van der Waals surface area contributed by atoms with E-state index >= 15 is 0 Å². The van der Waals surface area contributed by atoms with E-state index in [0.717, 1.165) is 27.6 Å². The van der Waals surface area contributed by atoms with Crippen LogP contribution in [0.25, 0.3) is 16.7 Å². The molecule has 1 unspecified atom stereocenters. The van der Waals surface area contributed by atoms with Crippen molar-refractivity contribution in [1.29, 1.82) is 5.26 Å². The molecule has 3 aromatic carbocycles. The van der Waals surface area contributed by atoms with Gasteiger partial charge in [0.15, 0.2) is 0 Å². The van der Waals surface area contributed by atoms with Crippen LogP contribution < -0.4 is 4.74 Å². The van der Waals surface area contributed by atoms with Crippen molar-refractivity contribution in [3.63, 3.8) is 0 Å². The molecular weight excluding hydrogens is 403 g/mol. The van der Waals surface area contributed by atoms with Gasteiger partial charge in [0.25, 0.3) is 0 Å². The van der Waals surface area contributed by atoms with Crippen LogP contribution in [-0.4, -0.2) is 4.57 Å². The maximum absolute atomic E-state index is 10.1. The summed E-state index contributed by atoms with van der Waals surface area (Å²) in [5.74, 6) is 0.930. The molecule has 29 heavy (non-hydrogen) atoms. The molecule has 0 fully saturated rings. The molecule has 1 aromatic heterocycles. The second-order valence-corrected chi connectivity index (χ2v) is 7.65. The van der Waals surface area contributed by atoms with Crippen LogP contribution in [-0.2, 0) is 0 Å². The Hall–Kier alpha value is -3.19. The summed E-state index contributed by atoms with van der Waals surface area (Å²) in [6, 6.07) is 23.8. The Labute approximate surface area is 178 Å². The van der Waals surface area contributed by atoms with Gasteiger partial charge >= 0.3 is 0 Å². The zero-order valence-corrected chi connectivity index (χ0v) is 16.7. The number of halogens is 2. The van der Waals surface area contributed by atoms with Crippen LogP contribution in [0.4, 0.5) is 0 Å². The lowest BCUT2D eigenvalue weighted by atomic mass is 9.82. The summed E-state index contributed by atoms with van der Waals surface area (Å²) in [5, 5.41) is 13.1. The number of aromatic nitrogens is 1. The highest BCUT2D eigenvalue weighted by Gasteiger charge is 2.33. The van der Waals surface area contributed by atoms with Crippen molar-refractivity contribution >= 4 is 39.9 Å². The molecule has 1 aliphatic heterocycles. The molecule has 140 valence electrons. The van der Waals surface area contributed by atoms with E-state index in [4.69, 9.17) is 27.9 Å². The Morgan fingerprint density at radius 3 is 2.45 bits per heavy atom. The fraction of sp³-hybridized carbons (Fsp3) is 0.0417. The first-order chi connectivity index (χ1) is 14.2. The van der Waals surface area contributed by atoms with Crippen molar-refractivity contribution in [3.8, 4) is 11.8 Å². The average molecular weight is 417 g/mol. The standard InChI is InChI=1S/C24H14Cl2N2O/c25-20-10-8-16(13-21(20)26)22-18-9-7-15-5-1-2-6-17(15)23(18)29-24(19(22)14-27)28-11-3-4-12-28/h1-13,22H. The third-order valence-corrected chi connectivity index (χ3v) is 5.91. The number of hydrogen-bond donors (Lipinski definition) is 0. The predicted octanol–water partition coefficient (Wildman–Crippen LogP) is 6.86. The molecule has 4 aromatic rings. The summed E-state index contributed by atoms with van der Waals surface area (Å²) < 4.78 is 8.19. The molecule has 0 saturated carbocycles. The van der Waals surface area contributed by atoms with Crippen molar-refractivity contribution < 1.29 is 4.74 Å². The number of nitriles is 1. The fourth-order valence-corrected chi connectivity index (χ4v) is 4.15. The lowest BCUT2D eigenvalue weighted by Gasteiger charge is -2.29. The molecule has 0 saturated heterocycles. The number of allylic oxidation sites excluding steroid dienone is 1. The summed E-state index contributed by atoms with van der Waals surface area (Å²) in [6.07, 6.45) is 3.74. The summed E-state index contributed by atoms with van der Waals surface area (Å²) in [6.45, 7) is 0. The highest BCUT2D eigenvalue weighted by atomic mass is 35.5. The monoisotopic (exact) mass is 416 g/mol. The normalized spacial score (nSPS) is 15.7. The third-order valence-electron chi connectivity index (χ3n) is 5.18. The molecule has 5 rings (SSSR count). The van der Waals surface area contributed by atoms with Gasteiger partial charge < -0.3 is 4.74 Å². The van der Waals surface area contributed by atoms with Gasteiger partial charge in [-0.25, -0.2) is 0 Å². The van der Waals surface area contributed by atoms with E-state index in [0.29, 0.717) is 21.5 Å². The number of ether oxygens (including phenoxy) is 1. The van der Waals surface area contributed by atoms with Crippen LogP contribution in [0.3, 0.4) is 0 Å². The largest absolute Gasteiger partial charge is 0.438 e. The summed E-state index contributed by atoms with van der Waals surface area (Å²) in [4.78, 5) is 0. The fourth-order valence-electron chi connectivity index (χ4n) is 3.84. The molecule has 0 radical (unpaired) electrons. The van der Waals surface area contributed by atoms with Crippen LogP contribution in [0.1, 0.15) is 17.0 Å². The first-order valence-corrected chi connectivity index (χ1v) is 9.85. The van der Waals surface area contributed by atoms with Gasteiger partial charge in [0, 0.05) is 23.3 Å². The van der Waals surface area contributed by atoms with Crippen LogP contribution in [0.15, 0.2) is 84.7 Å². The van der Waals surface area contributed by atoms with Gasteiger partial charge in [0.2, 0.25) is 5.88 Å². The molecular formula is C24H14Cl2N2O. The number of nitrogens with zero attached hydrogens (tertiary/aromatic N) is 2. The lowest BCUT2D eigenvalue weighted by Crippen LogP contribution is -2.18.